The first-order valence-electron chi connectivity index (χ1n) is 7.26. The highest BCUT2D eigenvalue weighted by atomic mass is 16.6. The number of benzene rings is 2. The van der Waals surface area contributed by atoms with Crippen molar-refractivity contribution in [3.05, 3.63) is 54.6 Å². The average molecular weight is 298 g/mol. The number of hydrogen-bond acceptors (Lipinski definition) is 4. The summed E-state index contributed by atoms with van der Waals surface area (Å²) in [5.41, 5.74) is 5.80. The van der Waals surface area contributed by atoms with E-state index in [0.29, 0.717) is 24.6 Å². The maximum atomic E-state index is 12.0. The van der Waals surface area contributed by atoms with Gasteiger partial charge in [-0.1, -0.05) is 24.3 Å². The third kappa shape index (κ3) is 3.56. The largest absolute Gasteiger partial charge is 0.457 e. The van der Waals surface area contributed by atoms with Crippen LogP contribution in [-0.2, 0) is 0 Å². The number of nitrogens with zero attached hydrogens (tertiary/aromatic N) is 1. The maximum Gasteiger partial charge on any atom is 0.415 e. The average Bonchev–Trinajstić information content (AvgIpc) is 2.95. The molecule has 1 amide bonds. The Morgan fingerprint density at radius 3 is 2.50 bits per heavy atom. The smallest absolute Gasteiger partial charge is 0.415 e. The van der Waals surface area contributed by atoms with Gasteiger partial charge in [0.1, 0.15) is 17.2 Å². The minimum atomic E-state index is -0.371. The Balaban J connectivity index is 1.65. The van der Waals surface area contributed by atoms with E-state index in [0.717, 1.165) is 12.2 Å². The molecule has 0 spiro atoms. The van der Waals surface area contributed by atoms with Gasteiger partial charge in [0.2, 0.25) is 0 Å². The molecule has 2 N–H and O–H groups in total. The molecule has 114 valence electrons. The molecule has 3 rings (SSSR count). The second-order valence-electron chi connectivity index (χ2n) is 5.25. The van der Waals surface area contributed by atoms with Gasteiger partial charge in [-0.15, -0.1) is 0 Å². The Hall–Kier alpha value is -2.53. The molecule has 0 saturated carbocycles. The first-order valence-corrected chi connectivity index (χ1v) is 7.26. The molecule has 2 aromatic carbocycles. The van der Waals surface area contributed by atoms with Gasteiger partial charge < -0.3 is 20.1 Å². The molecule has 1 atom stereocenters. The minimum absolute atomic E-state index is 0.0419. The highest BCUT2D eigenvalue weighted by molar-refractivity contribution is 5.71. The number of rotatable bonds is 3. The zero-order valence-electron chi connectivity index (χ0n) is 12.1. The Labute approximate surface area is 129 Å². The quantitative estimate of drug-likeness (QED) is 0.946. The monoisotopic (exact) mass is 298 g/mol. The van der Waals surface area contributed by atoms with Crippen molar-refractivity contribution < 1.29 is 14.3 Å². The standard InChI is InChI=1S/C17H18N2O3/c18-13-9-10-19(12-13)17(20)22-16-8-4-7-15(11-16)21-14-5-2-1-3-6-14/h1-8,11,13H,9-10,12,18H2/t13-/m1/s1. The van der Waals surface area contributed by atoms with E-state index < -0.39 is 0 Å². The third-order valence-corrected chi connectivity index (χ3v) is 3.47. The number of amides is 1. The molecular formula is C17H18N2O3. The molecule has 5 nitrogen and oxygen atoms in total. The van der Waals surface area contributed by atoms with E-state index in [4.69, 9.17) is 15.2 Å². The van der Waals surface area contributed by atoms with Crippen LogP contribution in [0.1, 0.15) is 6.42 Å². The number of hydrogen-bond donors (Lipinski definition) is 1. The van der Waals surface area contributed by atoms with Gasteiger partial charge in [0, 0.05) is 25.2 Å². The van der Waals surface area contributed by atoms with Crippen molar-refractivity contribution in [2.24, 2.45) is 5.73 Å². The topological polar surface area (TPSA) is 64.8 Å². The Kier molecular flexibility index (Phi) is 4.25. The van der Waals surface area contributed by atoms with Crippen LogP contribution in [0.5, 0.6) is 17.2 Å². The lowest BCUT2D eigenvalue weighted by Crippen LogP contribution is -2.33. The van der Waals surface area contributed by atoms with Crippen LogP contribution in [0.25, 0.3) is 0 Å². The number of carbonyl (C=O) groups excluding carboxylic acids is 1. The third-order valence-electron chi connectivity index (χ3n) is 3.47. The second-order valence-corrected chi connectivity index (χ2v) is 5.25. The first-order chi connectivity index (χ1) is 10.7. The van der Waals surface area contributed by atoms with Gasteiger partial charge in [0.05, 0.1) is 0 Å². The molecule has 0 unspecified atom stereocenters. The second kappa shape index (κ2) is 6.49. The predicted molar refractivity (Wildman–Crippen MR) is 83.1 cm³/mol. The summed E-state index contributed by atoms with van der Waals surface area (Å²) in [7, 11) is 0. The number of carbonyl (C=O) groups is 1. The van der Waals surface area contributed by atoms with Gasteiger partial charge >= 0.3 is 6.09 Å². The molecule has 1 aliphatic rings. The van der Waals surface area contributed by atoms with Crippen molar-refractivity contribution in [3.8, 4) is 17.2 Å². The van der Waals surface area contributed by atoms with Crippen molar-refractivity contribution in [1.29, 1.82) is 0 Å². The minimum Gasteiger partial charge on any atom is -0.457 e. The number of ether oxygens (including phenoxy) is 2. The van der Waals surface area contributed by atoms with Gasteiger partial charge in [-0.3, -0.25) is 0 Å². The van der Waals surface area contributed by atoms with Crippen LogP contribution in [-0.4, -0.2) is 30.1 Å². The van der Waals surface area contributed by atoms with Gasteiger partial charge in [-0.2, -0.15) is 0 Å². The SMILES string of the molecule is N[C@@H]1CCN(C(=O)Oc2cccc(Oc3ccccc3)c2)C1. The maximum absolute atomic E-state index is 12.0. The zero-order valence-corrected chi connectivity index (χ0v) is 12.1. The fourth-order valence-electron chi connectivity index (χ4n) is 2.34. The normalized spacial score (nSPS) is 17.3. The Bertz CT molecular complexity index is 645. The van der Waals surface area contributed by atoms with E-state index in [-0.39, 0.29) is 12.1 Å². The van der Waals surface area contributed by atoms with E-state index in [2.05, 4.69) is 0 Å². The summed E-state index contributed by atoms with van der Waals surface area (Å²) in [5, 5.41) is 0. The van der Waals surface area contributed by atoms with Gasteiger partial charge in [-0.05, 0) is 30.7 Å². The summed E-state index contributed by atoms with van der Waals surface area (Å²) in [6.07, 6.45) is 0.441. The molecule has 0 aromatic heterocycles. The fraction of sp³-hybridized carbons (Fsp3) is 0.235. The molecule has 1 aliphatic heterocycles. The molecule has 1 heterocycles. The number of nitrogens with two attached hydrogens (primary N) is 1. The van der Waals surface area contributed by atoms with Crippen molar-refractivity contribution in [2.45, 2.75) is 12.5 Å². The van der Waals surface area contributed by atoms with Gasteiger partial charge in [0.15, 0.2) is 0 Å². The van der Waals surface area contributed by atoms with Crippen LogP contribution in [0.4, 0.5) is 4.79 Å². The van der Waals surface area contributed by atoms with Gasteiger partial charge in [0.25, 0.3) is 0 Å². The van der Waals surface area contributed by atoms with E-state index in [1.54, 1.807) is 23.1 Å². The molecule has 0 radical (unpaired) electrons. The summed E-state index contributed by atoms with van der Waals surface area (Å²) < 4.78 is 11.1. The van der Waals surface area contributed by atoms with E-state index >= 15 is 0 Å². The van der Waals surface area contributed by atoms with Crippen molar-refractivity contribution in [2.75, 3.05) is 13.1 Å². The number of para-hydroxylation sites is 1. The van der Waals surface area contributed by atoms with Crippen LogP contribution in [0.15, 0.2) is 54.6 Å². The Morgan fingerprint density at radius 1 is 1.05 bits per heavy atom. The molecular weight excluding hydrogens is 280 g/mol. The lowest BCUT2D eigenvalue weighted by Gasteiger charge is -2.15. The van der Waals surface area contributed by atoms with Crippen molar-refractivity contribution in [3.63, 3.8) is 0 Å². The Morgan fingerprint density at radius 2 is 1.77 bits per heavy atom. The summed E-state index contributed by atoms with van der Waals surface area (Å²) >= 11 is 0. The summed E-state index contributed by atoms with van der Waals surface area (Å²) in [4.78, 5) is 13.7. The van der Waals surface area contributed by atoms with Crippen LogP contribution < -0.4 is 15.2 Å². The zero-order chi connectivity index (χ0) is 15.4. The fourth-order valence-corrected chi connectivity index (χ4v) is 2.34. The van der Waals surface area contributed by atoms with Crippen LogP contribution in [0, 0.1) is 0 Å². The van der Waals surface area contributed by atoms with Crippen LogP contribution in [0.2, 0.25) is 0 Å². The molecule has 1 fully saturated rings. The lowest BCUT2D eigenvalue weighted by molar-refractivity contribution is 0.162. The van der Waals surface area contributed by atoms with E-state index in [1.807, 2.05) is 36.4 Å². The molecule has 0 bridgehead atoms. The van der Waals surface area contributed by atoms with E-state index in [9.17, 15) is 4.79 Å². The van der Waals surface area contributed by atoms with Crippen molar-refractivity contribution in [1.82, 2.24) is 4.90 Å². The highest BCUT2D eigenvalue weighted by Gasteiger charge is 2.25. The van der Waals surface area contributed by atoms with Crippen LogP contribution >= 0.6 is 0 Å². The molecule has 5 heteroatoms. The molecule has 22 heavy (non-hydrogen) atoms. The highest BCUT2D eigenvalue weighted by Crippen LogP contribution is 2.25. The summed E-state index contributed by atoms with van der Waals surface area (Å²) in [5.74, 6) is 1.81. The van der Waals surface area contributed by atoms with E-state index in [1.165, 1.54) is 0 Å². The van der Waals surface area contributed by atoms with Crippen molar-refractivity contribution >= 4 is 6.09 Å². The van der Waals surface area contributed by atoms with Gasteiger partial charge in [-0.25, -0.2) is 4.79 Å². The molecule has 2 aromatic rings. The molecule has 1 saturated heterocycles. The first kappa shape index (κ1) is 14.4. The summed E-state index contributed by atoms with van der Waals surface area (Å²) in [6.45, 7) is 1.18. The van der Waals surface area contributed by atoms with Crippen LogP contribution in [0.3, 0.4) is 0 Å². The lowest BCUT2D eigenvalue weighted by atomic mass is 10.3. The number of likely N-dealkylation sites (tertiary alicyclic amines) is 1. The predicted octanol–water partition coefficient (Wildman–Crippen LogP) is 3.01. The summed E-state index contributed by atoms with van der Waals surface area (Å²) in [6, 6.07) is 16.5. The molecule has 0 aliphatic carbocycles.